The second-order valence-corrected chi connectivity index (χ2v) is 3.21. The largest absolute Gasteiger partial charge is 0.478 e. The molecular formula is C11H8N2O2. The number of H-pyrrole nitrogens is 1. The first-order valence-corrected chi connectivity index (χ1v) is 4.42. The average Bonchev–Trinajstić information content (AvgIpc) is 2.61. The van der Waals surface area contributed by atoms with E-state index in [1.54, 1.807) is 18.3 Å². The number of carbonyl (C=O) groups is 1. The zero-order chi connectivity index (χ0) is 10.8. The summed E-state index contributed by atoms with van der Waals surface area (Å²) in [5.74, 6) is -0.957. The van der Waals surface area contributed by atoms with E-state index in [0.29, 0.717) is 0 Å². The van der Waals surface area contributed by atoms with Crippen LogP contribution >= 0.6 is 0 Å². The Hall–Kier alpha value is -2.28. The Kier molecular flexibility index (Phi) is 2.14. The summed E-state index contributed by atoms with van der Waals surface area (Å²) in [6.45, 7) is 0. The summed E-state index contributed by atoms with van der Waals surface area (Å²) >= 11 is 0. The van der Waals surface area contributed by atoms with Gasteiger partial charge in [-0.25, -0.2) is 4.79 Å². The fourth-order valence-electron chi connectivity index (χ4n) is 1.54. The van der Waals surface area contributed by atoms with E-state index in [1.807, 2.05) is 6.07 Å². The van der Waals surface area contributed by atoms with Crippen LogP contribution in [-0.2, 0) is 6.42 Å². The second kappa shape index (κ2) is 3.46. The molecule has 0 radical (unpaired) electrons. The first kappa shape index (κ1) is 9.28. The highest BCUT2D eigenvalue weighted by Gasteiger charge is 2.07. The maximum absolute atomic E-state index is 10.8. The molecule has 15 heavy (non-hydrogen) atoms. The first-order valence-electron chi connectivity index (χ1n) is 4.42. The molecule has 1 aromatic heterocycles. The number of nitrogens with zero attached hydrogens (tertiary/aromatic N) is 1. The molecule has 0 fully saturated rings. The van der Waals surface area contributed by atoms with Crippen LogP contribution in [0.15, 0.2) is 24.4 Å². The number of aromatic nitrogens is 1. The molecule has 0 aliphatic heterocycles. The van der Waals surface area contributed by atoms with Gasteiger partial charge >= 0.3 is 5.97 Å². The van der Waals surface area contributed by atoms with Crippen LogP contribution in [0.5, 0.6) is 0 Å². The van der Waals surface area contributed by atoms with Gasteiger partial charge in [0.15, 0.2) is 0 Å². The Morgan fingerprint density at radius 1 is 1.53 bits per heavy atom. The summed E-state index contributed by atoms with van der Waals surface area (Å²) in [5, 5.41) is 18.2. The van der Waals surface area contributed by atoms with Crippen molar-refractivity contribution in [3.63, 3.8) is 0 Å². The van der Waals surface area contributed by atoms with Gasteiger partial charge in [-0.2, -0.15) is 5.26 Å². The number of hydrogen-bond donors (Lipinski definition) is 2. The summed E-state index contributed by atoms with van der Waals surface area (Å²) in [7, 11) is 0. The Bertz CT molecular complexity index is 563. The van der Waals surface area contributed by atoms with Gasteiger partial charge in [-0.3, -0.25) is 0 Å². The van der Waals surface area contributed by atoms with Crippen molar-refractivity contribution >= 4 is 16.9 Å². The molecule has 4 nitrogen and oxygen atoms in total. The third-order valence-electron chi connectivity index (χ3n) is 2.28. The zero-order valence-electron chi connectivity index (χ0n) is 7.82. The van der Waals surface area contributed by atoms with Crippen molar-refractivity contribution in [1.29, 1.82) is 5.26 Å². The van der Waals surface area contributed by atoms with Crippen molar-refractivity contribution in [2.24, 2.45) is 0 Å². The van der Waals surface area contributed by atoms with E-state index in [0.717, 1.165) is 16.5 Å². The molecule has 1 aromatic carbocycles. The lowest BCUT2D eigenvalue weighted by molar-refractivity contribution is 0.0697. The molecule has 1 heterocycles. The smallest absolute Gasteiger partial charge is 0.335 e. The molecular weight excluding hydrogens is 192 g/mol. The van der Waals surface area contributed by atoms with Gasteiger partial charge in [-0.15, -0.1) is 0 Å². The maximum atomic E-state index is 10.8. The van der Waals surface area contributed by atoms with E-state index >= 15 is 0 Å². The Morgan fingerprint density at radius 2 is 2.33 bits per heavy atom. The number of nitrogens with one attached hydrogen (secondary N) is 1. The summed E-state index contributed by atoms with van der Waals surface area (Å²) in [4.78, 5) is 13.8. The van der Waals surface area contributed by atoms with E-state index in [1.165, 1.54) is 6.07 Å². The van der Waals surface area contributed by atoms with Crippen LogP contribution in [0.3, 0.4) is 0 Å². The highest BCUT2D eigenvalue weighted by molar-refractivity contribution is 5.94. The standard InChI is InChI=1S/C11H8N2O2/c12-4-3-8-6-13-10-2-1-7(11(14)15)5-9(8)10/h1-2,5-6,13H,3H2,(H,14,15). The quantitative estimate of drug-likeness (QED) is 0.777. The summed E-state index contributed by atoms with van der Waals surface area (Å²) in [6, 6.07) is 6.87. The Morgan fingerprint density at radius 3 is 3.00 bits per heavy atom. The van der Waals surface area contributed by atoms with Crippen molar-refractivity contribution in [2.75, 3.05) is 0 Å². The van der Waals surface area contributed by atoms with Crippen molar-refractivity contribution in [3.05, 3.63) is 35.5 Å². The van der Waals surface area contributed by atoms with Gasteiger partial charge in [0.25, 0.3) is 0 Å². The molecule has 2 N–H and O–H groups in total. The van der Waals surface area contributed by atoms with Crippen molar-refractivity contribution in [1.82, 2.24) is 4.98 Å². The molecule has 0 saturated heterocycles. The number of rotatable bonds is 2. The predicted molar refractivity (Wildman–Crippen MR) is 54.6 cm³/mol. The number of fused-ring (bicyclic) bond motifs is 1. The minimum atomic E-state index is -0.957. The van der Waals surface area contributed by atoms with Gasteiger partial charge in [0.2, 0.25) is 0 Å². The van der Waals surface area contributed by atoms with Gasteiger partial charge in [0.1, 0.15) is 0 Å². The van der Waals surface area contributed by atoms with Crippen LogP contribution in [-0.4, -0.2) is 16.1 Å². The molecule has 74 valence electrons. The monoisotopic (exact) mass is 200 g/mol. The minimum Gasteiger partial charge on any atom is -0.478 e. The van der Waals surface area contributed by atoms with E-state index in [9.17, 15) is 4.79 Å². The van der Waals surface area contributed by atoms with E-state index in [-0.39, 0.29) is 12.0 Å². The second-order valence-electron chi connectivity index (χ2n) is 3.21. The molecule has 2 rings (SSSR count). The third kappa shape index (κ3) is 1.55. The summed E-state index contributed by atoms with van der Waals surface area (Å²) in [5.41, 5.74) is 1.92. The number of aromatic amines is 1. The average molecular weight is 200 g/mol. The summed E-state index contributed by atoms with van der Waals surface area (Å²) < 4.78 is 0. The van der Waals surface area contributed by atoms with Crippen LogP contribution < -0.4 is 0 Å². The molecule has 0 aliphatic carbocycles. The van der Waals surface area contributed by atoms with Gasteiger partial charge < -0.3 is 10.1 Å². The van der Waals surface area contributed by atoms with Gasteiger partial charge in [0, 0.05) is 17.1 Å². The Labute approximate surface area is 85.8 Å². The van der Waals surface area contributed by atoms with E-state index in [2.05, 4.69) is 4.98 Å². The molecule has 0 saturated carbocycles. The molecule has 0 amide bonds. The van der Waals surface area contributed by atoms with Crippen LogP contribution in [0.1, 0.15) is 15.9 Å². The van der Waals surface area contributed by atoms with Crippen LogP contribution in [0.4, 0.5) is 0 Å². The molecule has 2 aromatic rings. The topological polar surface area (TPSA) is 76.9 Å². The Balaban J connectivity index is 2.62. The maximum Gasteiger partial charge on any atom is 0.335 e. The van der Waals surface area contributed by atoms with Crippen LogP contribution in [0, 0.1) is 11.3 Å². The lowest BCUT2D eigenvalue weighted by Gasteiger charge is -1.96. The van der Waals surface area contributed by atoms with Crippen molar-refractivity contribution < 1.29 is 9.90 Å². The van der Waals surface area contributed by atoms with Gasteiger partial charge in [-0.1, -0.05) is 0 Å². The van der Waals surface area contributed by atoms with Crippen molar-refractivity contribution in [3.8, 4) is 6.07 Å². The van der Waals surface area contributed by atoms with Gasteiger partial charge in [-0.05, 0) is 23.8 Å². The molecule has 0 unspecified atom stereocenters. The minimum absolute atomic E-state index is 0.237. The highest BCUT2D eigenvalue weighted by Crippen LogP contribution is 2.20. The summed E-state index contributed by atoms with van der Waals surface area (Å²) in [6.07, 6.45) is 2.02. The lowest BCUT2D eigenvalue weighted by Crippen LogP contribution is -1.95. The van der Waals surface area contributed by atoms with Crippen molar-refractivity contribution in [2.45, 2.75) is 6.42 Å². The number of hydrogen-bond acceptors (Lipinski definition) is 2. The number of carboxylic acid groups (broad SMARTS) is 1. The SMILES string of the molecule is N#CCc1c[nH]c2ccc(C(=O)O)cc12. The molecule has 0 atom stereocenters. The molecule has 0 bridgehead atoms. The fraction of sp³-hybridized carbons (Fsp3) is 0.0909. The van der Waals surface area contributed by atoms with E-state index in [4.69, 9.17) is 10.4 Å². The lowest BCUT2D eigenvalue weighted by atomic mass is 10.1. The molecule has 4 heteroatoms. The number of nitriles is 1. The van der Waals surface area contributed by atoms with Gasteiger partial charge in [0.05, 0.1) is 18.1 Å². The first-order chi connectivity index (χ1) is 7.22. The molecule has 0 aliphatic rings. The fourth-order valence-corrected chi connectivity index (χ4v) is 1.54. The van der Waals surface area contributed by atoms with Crippen LogP contribution in [0.25, 0.3) is 10.9 Å². The highest BCUT2D eigenvalue weighted by atomic mass is 16.4. The van der Waals surface area contributed by atoms with E-state index < -0.39 is 5.97 Å². The number of aromatic carboxylic acids is 1. The zero-order valence-corrected chi connectivity index (χ0v) is 7.82. The normalized spacial score (nSPS) is 10.1. The number of carboxylic acids is 1. The third-order valence-corrected chi connectivity index (χ3v) is 2.28. The number of benzene rings is 1. The molecule has 0 spiro atoms. The van der Waals surface area contributed by atoms with Crippen LogP contribution in [0.2, 0.25) is 0 Å². The predicted octanol–water partition coefficient (Wildman–Crippen LogP) is 1.93.